The highest BCUT2D eigenvalue weighted by molar-refractivity contribution is 5.96. The van der Waals surface area contributed by atoms with E-state index in [1.54, 1.807) is 28.8 Å². The van der Waals surface area contributed by atoms with Gasteiger partial charge < -0.3 is 14.6 Å². The third-order valence-corrected chi connectivity index (χ3v) is 3.60. The van der Waals surface area contributed by atoms with Crippen molar-refractivity contribution in [2.75, 3.05) is 6.61 Å². The van der Waals surface area contributed by atoms with Crippen molar-refractivity contribution in [3.8, 4) is 17.7 Å². The SMILES string of the molecule is CCCCCOc1nc2c(OC(C)C)cccn2c1C=C(C#N)C(=O)O. The van der Waals surface area contributed by atoms with Crippen molar-refractivity contribution in [3.63, 3.8) is 0 Å². The Balaban J connectivity index is 2.53. The molecule has 0 fully saturated rings. The summed E-state index contributed by atoms with van der Waals surface area (Å²) in [5, 5.41) is 18.3. The Morgan fingerprint density at radius 2 is 2.23 bits per heavy atom. The highest BCUT2D eigenvalue weighted by Crippen LogP contribution is 2.29. The Labute approximate surface area is 152 Å². The first-order valence-corrected chi connectivity index (χ1v) is 8.63. The van der Waals surface area contributed by atoms with Gasteiger partial charge in [0.1, 0.15) is 17.3 Å². The van der Waals surface area contributed by atoms with Gasteiger partial charge in [0, 0.05) is 6.20 Å². The molecule has 0 aliphatic rings. The zero-order valence-corrected chi connectivity index (χ0v) is 15.2. The summed E-state index contributed by atoms with van der Waals surface area (Å²) in [6.45, 7) is 6.38. The quantitative estimate of drug-likeness (QED) is 0.418. The van der Waals surface area contributed by atoms with Crippen molar-refractivity contribution in [3.05, 3.63) is 29.6 Å². The predicted octanol–water partition coefficient (Wildman–Crippen LogP) is 3.68. The molecular formula is C19H23N3O4. The second-order valence-electron chi connectivity index (χ2n) is 6.07. The maximum atomic E-state index is 11.2. The van der Waals surface area contributed by atoms with Crippen LogP contribution >= 0.6 is 0 Å². The summed E-state index contributed by atoms with van der Waals surface area (Å²) in [6, 6.07) is 5.25. The van der Waals surface area contributed by atoms with Gasteiger partial charge in [-0.05, 0) is 38.5 Å². The number of hydrogen-bond acceptors (Lipinski definition) is 5. The van der Waals surface area contributed by atoms with E-state index in [1.807, 2.05) is 13.8 Å². The second kappa shape index (κ2) is 8.90. The van der Waals surface area contributed by atoms with E-state index in [2.05, 4.69) is 11.9 Å². The zero-order valence-electron chi connectivity index (χ0n) is 15.2. The van der Waals surface area contributed by atoms with Gasteiger partial charge in [0.05, 0.1) is 12.7 Å². The average molecular weight is 357 g/mol. The number of fused-ring (bicyclic) bond motifs is 1. The maximum absolute atomic E-state index is 11.2. The summed E-state index contributed by atoms with van der Waals surface area (Å²) in [7, 11) is 0. The van der Waals surface area contributed by atoms with Gasteiger partial charge in [-0.3, -0.25) is 4.40 Å². The Morgan fingerprint density at radius 1 is 1.46 bits per heavy atom. The molecule has 0 aliphatic carbocycles. The van der Waals surface area contributed by atoms with Crippen molar-refractivity contribution in [1.29, 1.82) is 5.26 Å². The van der Waals surface area contributed by atoms with Crippen molar-refractivity contribution in [2.45, 2.75) is 46.1 Å². The molecule has 7 heteroatoms. The Hall–Kier alpha value is -3.01. The number of carboxylic acids is 1. The Morgan fingerprint density at radius 3 is 2.85 bits per heavy atom. The molecule has 0 bridgehead atoms. The number of aromatic nitrogens is 2. The van der Waals surface area contributed by atoms with Crippen molar-refractivity contribution < 1.29 is 19.4 Å². The van der Waals surface area contributed by atoms with E-state index in [1.165, 1.54) is 6.08 Å². The summed E-state index contributed by atoms with van der Waals surface area (Å²) >= 11 is 0. The van der Waals surface area contributed by atoms with E-state index in [0.29, 0.717) is 23.7 Å². The summed E-state index contributed by atoms with van der Waals surface area (Å²) < 4.78 is 13.2. The lowest BCUT2D eigenvalue weighted by Gasteiger charge is -2.10. The number of carbonyl (C=O) groups is 1. The lowest BCUT2D eigenvalue weighted by Crippen LogP contribution is -2.06. The third kappa shape index (κ3) is 4.54. The van der Waals surface area contributed by atoms with Gasteiger partial charge in [-0.1, -0.05) is 19.8 Å². The molecule has 0 atom stereocenters. The lowest BCUT2D eigenvalue weighted by atomic mass is 10.2. The van der Waals surface area contributed by atoms with E-state index in [4.69, 9.17) is 19.8 Å². The highest BCUT2D eigenvalue weighted by Gasteiger charge is 2.18. The molecular weight excluding hydrogens is 334 g/mol. The van der Waals surface area contributed by atoms with E-state index in [0.717, 1.165) is 19.3 Å². The van der Waals surface area contributed by atoms with Crippen LogP contribution in [0.4, 0.5) is 0 Å². The topological polar surface area (TPSA) is 96.9 Å². The molecule has 0 unspecified atom stereocenters. The molecule has 2 heterocycles. The van der Waals surface area contributed by atoms with Crippen LogP contribution < -0.4 is 9.47 Å². The Kier molecular flexibility index (Phi) is 6.61. The van der Waals surface area contributed by atoms with Gasteiger partial charge in [0.25, 0.3) is 0 Å². The molecule has 1 N–H and O–H groups in total. The van der Waals surface area contributed by atoms with Crippen molar-refractivity contribution in [2.24, 2.45) is 0 Å². The molecule has 0 aliphatic heterocycles. The Bertz CT molecular complexity index is 846. The minimum absolute atomic E-state index is 0.0421. The van der Waals surface area contributed by atoms with E-state index in [-0.39, 0.29) is 17.6 Å². The highest BCUT2D eigenvalue weighted by atomic mass is 16.5. The molecule has 0 saturated carbocycles. The fourth-order valence-corrected chi connectivity index (χ4v) is 2.42. The number of ether oxygens (including phenoxy) is 2. The van der Waals surface area contributed by atoms with Crippen LogP contribution in [0.1, 0.15) is 45.7 Å². The number of pyridine rings is 1. The number of carboxylic acid groups (broad SMARTS) is 1. The summed E-state index contributed by atoms with van der Waals surface area (Å²) in [6.07, 6.45) is 5.92. The normalized spacial score (nSPS) is 11.6. The van der Waals surface area contributed by atoms with Crippen LogP contribution in [-0.2, 0) is 4.79 Å². The number of unbranched alkanes of at least 4 members (excludes halogenated alkanes) is 2. The van der Waals surface area contributed by atoms with Crippen LogP contribution in [0, 0.1) is 11.3 Å². The molecule has 0 amide bonds. The van der Waals surface area contributed by atoms with E-state index < -0.39 is 5.97 Å². The fraction of sp³-hybridized carbons (Fsp3) is 0.421. The van der Waals surface area contributed by atoms with Crippen LogP contribution in [0.3, 0.4) is 0 Å². The van der Waals surface area contributed by atoms with Gasteiger partial charge in [0.2, 0.25) is 5.88 Å². The predicted molar refractivity (Wildman–Crippen MR) is 97.2 cm³/mol. The number of hydrogen-bond donors (Lipinski definition) is 1. The molecule has 0 aromatic carbocycles. The van der Waals surface area contributed by atoms with Crippen LogP contribution in [0.2, 0.25) is 0 Å². The van der Waals surface area contributed by atoms with E-state index in [9.17, 15) is 4.79 Å². The third-order valence-electron chi connectivity index (χ3n) is 3.60. The van der Waals surface area contributed by atoms with Gasteiger partial charge in [-0.2, -0.15) is 10.2 Å². The zero-order chi connectivity index (χ0) is 19.1. The molecule has 7 nitrogen and oxygen atoms in total. The number of imidazole rings is 1. The van der Waals surface area contributed by atoms with Gasteiger partial charge in [-0.15, -0.1) is 0 Å². The minimum atomic E-state index is -1.30. The summed E-state index contributed by atoms with van der Waals surface area (Å²) in [5.74, 6) is -0.446. The molecule has 0 saturated heterocycles. The number of rotatable bonds is 9. The molecule has 26 heavy (non-hydrogen) atoms. The average Bonchev–Trinajstić information content (AvgIpc) is 2.94. The van der Waals surface area contributed by atoms with Gasteiger partial charge >= 0.3 is 5.97 Å². The van der Waals surface area contributed by atoms with E-state index >= 15 is 0 Å². The smallest absolute Gasteiger partial charge is 0.346 e. The van der Waals surface area contributed by atoms with Crippen LogP contribution in [0.25, 0.3) is 11.7 Å². The number of nitriles is 1. The van der Waals surface area contributed by atoms with Crippen LogP contribution in [0.5, 0.6) is 11.6 Å². The largest absolute Gasteiger partial charge is 0.487 e. The monoisotopic (exact) mass is 357 g/mol. The first-order valence-electron chi connectivity index (χ1n) is 8.63. The molecule has 0 spiro atoms. The molecule has 0 radical (unpaired) electrons. The second-order valence-corrected chi connectivity index (χ2v) is 6.07. The maximum Gasteiger partial charge on any atom is 0.346 e. The van der Waals surface area contributed by atoms with Crippen LogP contribution in [0.15, 0.2) is 23.9 Å². The first kappa shape index (κ1) is 19.3. The first-order chi connectivity index (χ1) is 12.5. The fourth-order valence-electron chi connectivity index (χ4n) is 2.42. The molecule has 138 valence electrons. The molecule has 2 aromatic heterocycles. The van der Waals surface area contributed by atoms with Gasteiger partial charge in [0.15, 0.2) is 11.4 Å². The lowest BCUT2D eigenvalue weighted by molar-refractivity contribution is -0.132. The summed E-state index contributed by atoms with van der Waals surface area (Å²) in [5.41, 5.74) is 0.533. The van der Waals surface area contributed by atoms with Crippen LogP contribution in [-0.4, -0.2) is 33.2 Å². The van der Waals surface area contributed by atoms with Crippen molar-refractivity contribution >= 4 is 17.7 Å². The standard InChI is InChI=1S/C19H23N3O4/c1-4-5-6-10-25-18-15(11-14(12-20)19(23)24)22-9-7-8-16(17(22)21-18)26-13(2)3/h7-9,11,13H,4-6,10H2,1-3H3,(H,23,24). The number of aliphatic carboxylic acids is 1. The molecule has 2 aromatic rings. The summed E-state index contributed by atoms with van der Waals surface area (Å²) in [4.78, 5) is 15.7. The van der Waals surface area contributed by atoms with Gasteiger partial charge in [-0.25, -0.2) is 4.79 Å². The van der Waals surface area contributed by atoms with Crippen molar-refractivity contribution in [1.82, 2.24) is 9.38 Å². The number of nitrogens with zero attached hydrogens (tertiary/aromatic N) is 3. The molecule has 2 rings (SSSR count). The minimum Gasteiger partial charge on any atom is -0.487 e.